The van der Waals surface area contributed by atoms with E-state index in [1.54, 1.807) is 18.4 Å². The lowest BCUT2D eigenvalue weighted by atomic mass is 10.1. The van der Waals surface area contributed by atoms with E-state index in [2.05, 4.69) is 38.1 Å². The molecule has 0 atom stereocenters. The monoisotopic (exact) mass is 385 g/mol. The van der Waals surface area contributed by atoms with Gasteiger partial charge in [0.05, 0.1) is 10.7 Å². The summed E-state index contributed by atoms with van der Waals surface area (Å²) in [6.45, 7) is 5.00. The van der Waals surface area contributed by atoms with Crippen molar-refractivity contribution in [3.63, 3.8) is 0 Å². The Kier molecular flexibility index (Phi) is 6.81. The van der Waals surface area contributed by atoms with Crippen molar-refractivity contribution in [3.05, 3.63) is 51.5 Å². The molecule has 0 bridgehead atoms. The number of aromatic nitrogens is 1. The number of carbonyl (C=O) groups excluding carboxylic acids is 1. The van der Waals surface area contributed by atoms with Crippen LogP contribution in [-0.2, 0) is 24.3 Å². The van der Waals surface area contributed by atoms with Gasteiger partial charge in [0.1, 0.15) is 0 Å². The van der Waals surface area contributed by atoms with Gasteiger partial charge < -0.3 is 15.5 Å². The van der Waals surface area contributed by atoms with Crippen LogP contribution in [-0.4, -0.2) is 41.9 Å². The molecule has 1 amide bonds. The zero-order valence-corrected chi connectivity index (χ0v) is 16.8. The molecule has 144 valence electrons. The van der Waals surface area contributed by atoms with Gasteiger partial charge in [-0.05, 0) is 24.5 Å². The smallest absolute Gasteiger partial charge is 0.223 e. The first kappa shape index (κ1) is 19.4. The van der Waals surface area contributed by atoms with Crippen LogP contribution in [0.15, 0.2) is 34.6 Å². The fourth-order valence-corrected chi connectivity index (χ4v) is 3.81. The number of hydrogen-bond donors (Lipinski definition) is 2. The first-order valence-corrected chi connectivity index (χ1v) is 10.2. The average molecular weight is 386 g/mol. The molecule has 0 unspecified atom stereocenters. The largest absolute Gasteiger partial charge is 0.356 e. The van der Waals surface area contributed by atoms with Crippen molar-refractivity contribution in [2.45, 2.75) is 39.3 Å². The Morgan fingerprint density at radius 1 is 1.22 bits per heavy atom. The van der Waals surface area contributed by atoms with E-state index in [1.165, 1.54) is 11.1 Å². The molecule has 3 rings (SSSR count). The number of aryl methyl sites for hydroxylation is 1. The highest BCUT2D eigenvalue weighted by Gasteiger charge is 2.22. The maximum absolute atomic E-state index is 12.4. The van der Waals surface area contributed by atoms with Gasteiger partial charge in [-0.15, -0.1) is 11.3 Å². The number of nitrogens with zero attached hydrogens (tertiary/aromatic N) is 3. The summed E-state index contributed by atoms with van der Waals surface area (Å²) in [6, 6.07) is 8.27. The maximum Gasteiger partial charge on any atom is 0.223 e. The molecule has 1 aliphatic rings. The number of nitrogens with one attached hydrogen (secondary N) is 2. The third kappa shape index (κ3) is 5.53. The van der Waals surface area contributed by atoms with Crippen molar-refractivity contribution < 1.29 is 4.79 Å². The summed E-state index contributed by atoms with van der Waals surface area (Å²) < 4.78 is 0. The number of carbonyl (C=O) groups is 1. The molecule has 1 aliphatic heterocycles. The minimum absolute atomic E-state index is 0.217. The quantitative estimate of drug-likeness (QED) is 0.436. The van der Waals surface area contributed by atoms with E-state index in [1.807, 2.05) is 24.0 Å². The van der Waals surface area contributed by atoms with Gasteiger partial charge in [0.25, 0.3) is 0 Å². The first-order valence-electron chi connectivity index (χ1n) is 9.36. The number of hydrogen-bond acceptors (Lipinski definition) is 4. The summed E-state index contributed by atoms with van der Waals surface area (Å²) in [5.41, 5.74) is 3.64. The zero-order valence-electron chi connectivity index (χ0n) is 16.0. The number of rotatable bonds is 7. The minimum atomic E-state index is 0.217. The Balaban J connectivity index is 1.31. The summed E-state index contributed by atoms with van der Waals surface area (Å²) >= 11 is 1.67. The van der Waals surface area contributed by atoms with Gasteiger partial charge in [0.15, 0.2) is 5.96 Å². The van der Waals surface area contributed by atoms with Crippen molar-refractivity contribution in [2.75, 3.05) is 20.1 Å². The molecule has 0 aliphatic carbocycles. The van der Waals surface area contributed by atoms with E-state index < -0.39 is 0 Å². The van der Waals surface area contributed by atoms with Gasteiger partial charge in [0, 0.05) is 51.4 Å². The minimum Gasteiger partial charge on any atom is -0.356 e. The van der Waals surface area contributed by atoms with E-state index in [0.717, 1.165) is 55.7 Å². The van der Waals surface area contributed by atoms with Crippen LogP contribution >= 0.6 is 11.3 Å². The molecule has 1 aromatic heterocycles. The van der Waals surface area contributed by atoms with Crippen LogP contribution in [0, 0.1) is 6.92 Å². The molecule has 1 aromatic carbocycles. The van der Waals surface area contributed by atoms with Gasteiger partial charge >= 0.3 is 0 Å². The van der Waals surface area contributed by atoms with Crippen LogP contribution in [0.2, 0.25) is 0 Å². The third-order valence-corrected chi connectivity index (χ3v) is 5.44. The molecule has 0 fully saturated rings. The van der Waals surface area contributed by atoms with Crippen LogP contribution in [0.25, 0.3) is 0 Å². The highest BCUT2D eigenvalue weighted by molar-refractivity contribution is 7.09. The van der Waals surface area contributed by atoms with Crippen molar-refractivity contribution in [1.82, 2.24) is 20.5 Å². The molecular weight excluding hydrogens is 358 g/mol. The molecule has 27 heavy (non-hydrogen) atoms. The Bertz CT molecular complexity index is 776. The molecule has 0 saturated heterocycles. The van der Waals surface area contributed by atoms with E-state index in [4.69, 9.17) is 0 Å². The number of thiazole rings is 1. The third-order valence-electron chi connectivity index (χ3n) is 4.62. The molecule has 7 heteroatoms. The normalized spacial score (nSPS) is 13.6. The van der Waals surface area contributed by atoms with Crippen LogP contribution in [0.4, 0.5) is 0 Å². The van der Waals surface area contributed by atoms with E-state index in [-0.39, 0.29) is 5.91 Å². The van der Waals surface area contributed by atoms with Gasteiger partial charge in [-0.25, -0.2) is 4.98 Å². The number of aliphatic imine (C=N–C) groups is 1. The number of benzene rings is 1. The molecular formula is C20H27N5OS. The Morgan fingerprint density at radius 3 is 2.56 bits per heavy atom. The fraction of sp³-hybridized carbons (Fsp3) is 0.450. The SMILES string of the molecule is CN=C(NCCCC(=O)N1Cc2ccccc2C1)NCCc1csc(C)n1. The number of fused-ring (bicyclic) bond motifs is 1. The Labute approximate surface area is 164 Å². The van der Waals surface area contributed by atoms with Crippen LogP contribution in [0.1, 0.15) is 34.7 Å². The van der Waals surface area contributed by atoms with Crippen LogP contribution in [0.3, 0.4) is 0 Å². The van der Waals surface area contributed by atoms with Gasteiger partial charge in [0.2, 0.25) is 5.91 Å². The predicted octanol–water partition coefficient (Wildman–Crippen LogP) is 2.48. The summed E-state index contributed by atoms with van der Waals surface area (Å²) in [5.74, 6) is 0.984. The Morgan fingerprint density at radius 2 is 1.93 bits per heavy atom. The van der Waals surface area contributed by atoms with Gasteiger partial charge in [-0.2, -0.15) is 0 Å². The lowest BCUT2D eigenvalue weighted by Crippen LogP contribution is -2.39. The lowest BCUT2D eigenvalue weighted by Gasteiger charge is -2.16. The second-order valence-corrected chi connectivity index (χ2v) is 7.72. The summed E-state index contributed by atoms with van der Waals surface area (Å²) in [7, 11) is 1.76. The number of guanidine groups is 1. The lowest BCUT2D eigenvalue weighted by molar-refractivity contribution is -0.131. The maximum atomic E-state index is 12.4. The van der Waals surface area contributed by atoms with E-state index in [9.17, 15) is 4.79 Å². The molecule has 0 saturated carbocycles. The topological polar surface area (TPSA) is 69.6 Å². The highest BCUT2D eigenvalue weighted by Crippen LogP contribution is 2.22. The van der Waals surface area contributed by atoms with Gasteiger partial charge in [-0.1, -0.05) is 24.3 Å². The summed E-state index contributed by atoms with van der Waals surface area (Å²) in [6.07, 6.45) is 2.22. The molecule has 2 aromatic rings. The van der Waals surface area contributed by atoms with E-state index >= 15 is 0 Å². The van der Waals surface area contributed by atoms with Crippen molar-refractivity contribution in [3.8, 4) is 0 Å². The molecule has 2 N–H and O–H groups in total. The summed E-state index contributed by atoms with van der Waals surface area (Å²) in [5, 5.41) is 9.75. The summed E-state index contributed by atoms with van der Waals surface area (Å²) in [4.78, 5) is 23.0. The standard InChI is InChI=1S/C20H27N5OS/c1-15-24-18(14-27-15)9-11-23-20(21-2)22-10-5-8-19(26)25-12-16-6-3-4-7-17(16)13-25/h3-4,6-7,14H,5,8-13H2,1-2H3,(H2,21,22,23). The zero-order chi connectivity index (χ0) is 19.1. The highest BCUT2D eigenvalue weighted by atomic mass is 32.1. The van der Waals surface area contributed by atoms with Crippen molar-refractivity contribution >= 4 is 23.2 Å². The van der Waals surface area contributed by atoms with Crippen LogP contribution in [0.5, 0.6) is 0 Å². The molecule has 6 nitrogen and oxygen atoms in total. The second-order valence-electron chi connectivity index (χ2n) is 6.66. The van der Waals surface area contributed by atoms with Crippen LogP contribution < -0.4 is 10.6 Å². The molecule has 2 heterocycles. The van der Waals surface area contributed by atoms with E-state index in [0.29, 0.717) is 6.42 Å². The number of amides is 1. The van der Waals surface area contributed by atoms with Gasteiger partial charge in [-0.3, -0.25) is 9.79 Å². The second kappa shape index (κ2) is 9.50. The predicted molar refractivity (Wildman–Crippen MR) is 110 cm³/mol. The molecule has 0 spiro atoms. The average Bonchev–Trinajstić information content (AvgIpc) is 3.29. The van der Waals surface area contributed by atoms with Crippen molar-refractivity contribution in [1.29, 1.82) is 0 Å². The Hall–Kier alpha value is -2.41. The first-order chi connectivity index (χ1) is 13.2. The van der Waals surface area contributed by atoms with Crippen molar-refractivity contribution in [2.24, 2.45) is 4.99 Å². The fourth-order valence-electron chi connectivity index (χ4n) is 3.17. The molecule has 0 radical (unpaired) electrons.